The van der Waals surface area contributed by atoms with Gasteiger partial charge in [0, 0.05) is 44.0 Å². The number of halogens is 6. The van der Waals surface area contributed by atoms with Crippen molar-refractivity contribution in [2.75, 3.05) is 46.9 Å². The Bertz CT molecular complexity index is 552. The lowest BCUT2D eigenvalue weighted by Gasteiger charge is -2.04. The van der Waals surface area contributed by atoms with Gasteiger partial charge in [0.05, 0.1) is 20.6 Å². The number of methoxy groups -OCH3 is 2. The van der Waals surface area contributed by atoms with Crippen LogP contribution < -0.4 is 21.7 Å². The van der Waals surface area contributed by atoms with E-state index in [4.69, 9.17) is 24.0 Å². The number of carbonyl (C=O) groups is 4. The third-order valence-corrected chi connectivity index (χ3v) is 4.04. The van der Waals surface area contributed by atoms with E-state index >= 15 is 0 Å². The highest BCUT2D eigenvalue weighted by Crippen LogP contribution is 1.98. The van der Waals surface area contributed by atoms with E-state index in [1.807, 2.05) is 0 Å². The number of nitrogens with two attached hydrogens (primary N) is 1. The van der Waals surface area contributed by atoms with Crippen molar-refractivity contribution in [1.82, 2.24) is 16.0 Å². The maximum Gasteiger partial charge on any atom is 0.397 e. The van der Waals surface area contributed by atoms with Gasteiger partial charge in [-0.15, -0.1) is 8.78 Å². The molecule has 0 fully saturated rings. The highest BCUT2D eigenvalue weighted by molar-refractivity contribution is 5.80. The third-order valence-electron chi connectivity index (χ3n) is 4.04. The van der Waals surface area contributed by atoms with E-state index in [-0.39, 0.29) is 5.97 Å². The summed E-state index contributed by atoms with van der Waals surface area (Å²) >= 11 is 0. The zero-order valence-electron chi connectivity index (χ0n) is 22.0. The van der Waals surface area contributed by atoms with Crippen molar-refractivity contribution in [2.24, 2.45) is 5.73 Å². The number of unbranched alkanes of at least 4 members (excludes halogenated alkanes) is 6. The molecule has 16 heteroatoms. The van der Waals surface area contributed by atoms with Gasteiger partial charge in [0.1, 0.15) is 0 Å². The summed E-state index contributed by atoms with van der Waals surface area (Å²) in [5, 5.41) is 7.32. The van der Waals surface area contributed by atoms with Crippen LogP contribution in [0.3, 0.4) is 0 Å². The first-order valence-electron chi connectivity index (χ1n) is 11.6. The van der Waals surface area contributed by atoms with Gasteiger partial charge in [-0.25, -0.2) is 14.4 Å². The molecule has 10 nitrogen and oxygen atoms in total. The topological polar surface area (TPSA) is 149 Å². The Labute approximate surface area is 219 Å². The second-order valence-corrected chi connectivity index (χ2v) is 6.82. The van der Waals surface area contributed by atoms with Gasteiger partial charge in [0.15, 0.2) is 0 Å². The Hall–Kier alpha value is -2.88. The number of ether oxygens (including phenoxy) is 2. The summed E-state index contributed by atoms with van der Waals surface area (Å²) in [5.74, 6) is -0.602. The van der Waals surface area contributed by atoms with Crippen LogP contribution in [0.25, 0.3) is 0 Å². The summed E-state index contributed by atoms with van der Waals surface area (Å²) in [6, 6.07) is 0. The molecule has 0 aromatic carbocycles. The molecule has 0 atom stereocenters. The molecule has 0 rings (SSSR count). The van der Waals surface area contributed by atoms with Gasteiger partial charge in [-0.3, -0.25) is 4.79 Å². The molecular formula is C22H42F6N4O6. The Morgan fingerprint density at radius 1 is 0.711 bits per heavy atom. The minimum atomic E-state index is -1.46. The molecule has 0 aliphatic carbocycles. The van der Waals surface area contributed by atoms with Crippen LogP contribution in [0.5, 0.6) is 0 Å². The third kappa shape index (κ3) is 58.7. The standard InChI is InChI=1S/C11H21FN2O3.C7H15FN2O.C4H6O2.2F2/c1-17-10(15)6-9-13-7-4-2-3-5-8-14-11(12)16;8-7(11)10-6-4-2-1-3-5-9;1-3-4(5)6-2;2*1-2/h13H,2-9H2,1H3,(H,14,16);1-6,9H2,(H,10,11);3H,1H2,2H3;;. The fourth-order valence-corrected chi connectivity index (χ4v) is 2.23. The number of rotatable bonds is 17. The Balaban J connectivity index is -0.000000148. The highest BCUT2D eigenvalue weighted by Gasteiger charge is 1.98. The predicted molar refractivity (Wildman–Crippen MR) is 131 cm³/mol. The lowest BCUT2D eigenvalue weighted by Crippen LogP contribution is -2.20. The van der Waals surface area contributed by atoms with Crippen molar-refractivity contribution in [1.29, 1.82) is 0 Å². The lowest BCUT2D eigenvalue weighted by molar-refractivity contribution is -0.140. The molecule has 0 heterocycles. The van der Waals surface area contributed by atoms with Gasteiger partial charge in [-0.1, -0.05) is 32.3 Å². The summed E-state index contributed by atoms with van der Waals surface area (Å²) in [4.78, 5) is 40.2. The van der Waals surface area contributed by atoms with Crippen LogP contribution in [0.2, 0.25) is 0 Å². The SMILES string of the molecule is C=CC(=O)OC.COC(=O)CCNCCCCCCNC(=O)F.FF.FF.NCCCCCCNC(=O)F. The second-order valence-electron chi connectivity index (χ2n) is 6.82. The molecule has 0 aliphatic rings. The van der Waals surface area contributed by atoms with Crippen molar-refractivity contribution in [3.8, 4) is 0 Å². The van der Waals surface area contributed by atoms with Gasteiger partial charge in [-0.05, 0) is 38.8 Å². The van der Waals surface area contributed by atoms with Crippen LogP contribution in [0.4, 0.5) is 36.7 Å². The Kier molecular flexibility index (Phi) is 52.3. The first-order valence-corrected chi connectivity index (χ1v) is 11.6. The van der Waals surface area contributed by atoms with Crippen LogP contribution in [-0.2, 0) is 19.1 Å². The summed E-state index contributed by atoms with van der Waals surface area (Å²) in [6.45, 7) is 6.17. The van der Waals surface area contributed by atoms with E-state index in [9.17, 15) is 28.0 Å². The average molecular weight is 573 g/mol. The lowest BCUT2D eigenvalue weighted by atomic mass is 10.2. The smallest absolute Gasteiger partial charge is 0.397 e. The van der Waals surface area contributed by atoms with Crippen LogP contribution in [0.15, 0.2) is 12.7 Å². The number of carbonyl (C=O) groups excluding carboxylic acids is 4. The zero-order chi connectivity index (χ0) is 30.5. The Morgan fingerprint density at radius 2 is 1.13 bits per heavy atom. The fraction of sp³-hybridized carbons (Fsp3) is 0.727. The number of hydrogen-bond acceptors (Lipinski definition) is 8. The van der Waals surface area contributed by atoms with Gasteiger partial charge in [0.25, 0.3) is 0 Å². The van der Waals surface area contributed by atoms with E-state index in [2.05, 4.69) is 32.0 Å². The normalized spacial score (nSPS) is 8.66. The van der Waals surface area contributed by atoms with E-state index < -0.39 is 18.3 Å². The molecule has 0 bridgehead atoms. The van der Waals surface area contributed by atoms with Gasteiger partial charge >= 0.3 is 24.3 Å². The number of hydrogen-bond donors (Lipinski definition) is 4. The zero-order valence-corrected chi connectivity index (χ0v) is 22.0. The monoisotopic (exact) mass is 572 g/mol. The number of esters is 2. The first-order chi connectivity index (χ1) is 18.2. The maximum absolute atomic E-state index is 11.7. The van der Waals surface area contributed by atoms with Crippen LogP contribution in [-0.4, -0.2) is 71.2 Å². The number of nitrogens with one attached hydrogen (secondary N) is 3. The van der Waals surface area contributed by atoms with Crippen molar-refractivity contribution in [3.05, 3.63) is 12.7 Å². The van der Waals surface area contributed by atoms with Crippen molar-refractivity contribution in [3.63, 3.8) is 0 Å². The highest BCUT2D eigenvalue weighted by atomic mass is 20.0. The van der Waals surface area contributed by atoms with Gasteiger partial charge in [-0.2, -0.15) is 0 Å². The van der Waals surface area contributed by atoms with E-state index in [0.717, 1.165) is 64.0 Å². The predicted octanol–water partition coefficient (Wildman–Crippen LogP) is 4.59. The molecule has 2 amide bonds. The quantitative estimate of drug-likeness (QED) is 0.0494. The molecule has 38 heavy (non-hydrogen) atoms. The molecule has 0 aliphatic heterocycles. The first kappa shape index (κ1) is 45.1. The van der Waals surface area contributed by atoms with E-state index in [0.29, 0.717) is 32.6 Å². The van der Waals surface area contributed by atoms with E-state index in [1.54, 1.807) is 0 Å². The molecule has 0 saturated carbocycles. The number of amides is 2. The molecule has 0 radical (unpaired) electrons. The molecule has 5 N–H and O–H groups in total. The molecule has 0 saturated heterocycles. The van der Waals surface area contributed by atoms with Gasteiger partial charge in [0.2, 0.25) is 0 Å². The molecule has 0 spiro atoms. The van der Waals surface area contributed by atoms with Crippen molar-refractivity contribution >= 4 is 24.3 Å². The molecule has 228 valence electrons. The molecule has 0 aromatic heterocycles. The van der Waals surface area contributed by atoms with Crippen molar-refractivity contribution < 1.29 is 55.7 Å². The largest absolute Gasteiger partial charge is 0.469 e. The second kappa shape index (κ2) is 44.1. The average Bonchev–Trinajstić information content (AvgIpc) is 2.93. The van der Waals surface area contributed by atoms with Crippen LogP contribution in [0, 0.1) is 0 Å². The maximum atomic E-state index is 11.7. The minimum absolute atomic E-state index is 0.209. The fourth-order valence-electron chi connectivity index (χ4n) is 2.23. The van der Waals surface area contributed by atoms with E-state index in [1.165, 1.54) is 14.2 Å². The summed E-state index contributed by atoms with van der Waals surface area (Å²) in [5.41, 5.74) is 5.26. The van der Waals surface area contributed by atoms with Gasteiger partial charge < -0.3 is 31.2 Å². The molecule has 0 aromatic rings. The summed E-state index contributed by atoms with van der Waals surface area (Å²) in [7, 11) is 2.68. The van der Waals surface area contributed by atoms with Crippen LogP contribution >= 0.6 is 0 Å². The van der Waals surface area contributed by atoms with Crippen molar-refractivity contribution in [2.45, 2.75) is 57.8 Å². The minimum Gasteiger partial charge on any atom is -0.469 e. The molecule has 0 unspecified atom stereocenters. The summed E-state index contributed by atoms with van der Waals surface area (Å²) < 4.78 is 63.9. The van der Waals surface area contributed by atoms with Crippen LogP contribution in [0.1, 0.15) is 57.8 Å². The Morgan fingerprint density at radius 3 is 1.45 bits per heavy atom. The molecular weight excluding hydrogens is 530 g/mol. The summed E-state index contributed by atoms with van der Waals surface area (Å²) in [6.07, 6.45) is 6.25.